The number of aryl methyl sites for hydroxylation is 1. The number of benzene rings is 3. The van der Waals surface area contributed by atoms with Crippen molar-refractivity contribution in [1.29, 1.82) is 0 Å². The third-order valence-corrected chi connectivity index (χ3v) is 5.78. The van der Waals surface area contributed by atoms with Gasteiger partial charge in [-0.2, -0.15) is 0 Å². The van der Waals surface area contributed by atoms with Crippen LogP contribution >= 0.6 is 0 Å². The number of carbonyl (C=O) groups is 2. The molecule has 0 bridgehead atoms. The predicted octanol–water partition coefficient (Wildman–Crippen LogP) is 4.32. The lowest BCUT2D eigenvalue weighted by Gasteiger charge is -2.30. The molecule has 0 radical (unpaired) electrons. The molecule has 4 rings (SSSR count). The van der Waals surface area contributed by atoms with Crippen LogP contribution in [0.2, 0.25) is 0 Å². The smallest absolute Gasteiger partial charge is 0.265 e. The Morgan fingerprint density at radius 3 is 2.34 bits per heavy atom. The summed E-state index contributed by atoms with van der Waals surface area (Å²) in [6, 6.07) is 18.6. The van der Waals surface area contributed by atoms with E-state index >= 15 is 0 Å². The fraction of sp³-hybridized carbons (Fsp3) is 0.259. The zero-order valence-electron chi connectivity index (χ0n) is 20.0. The largest absolute Gasteiger partial charge is 0.493 e. The molecule has 2 amide bonds. The van der Waals surface area contributed by atoms with Gasteiger partial charge >= 0.3 is 0 Å². The summed E-state index contributed by atoms with van der Waals surface area (Å²) in [6.07, 6.45) is 1.66. The minimum absolute atomic E-state index is 0.00448. The minimum Gasteiger partial charge on any atom is -0.493 e. The number of ether oxygens (including phenoxy) is 4. The van der Waals surface area contributed by atoms with Crippen molar-refractivity contribution in [3.05, 3.63) is 71.8 Å². The molecule has 1 aliphatic rings. The number of rotatable bonds is 9. The Kier molecular flexibility index (Phi) is 7.40. The van der Waals surface area contributed by atoms with E-state index < -0.39 is 0 Å². The summed E-state index contributed by atoms with van der Waals surface area (Å²) in [7, 11) is 4.49. The first-order chi connectivity index (χ1) is 17.0. The molecule has 0 saturated heterocycles. The van der Waals surface area contributed by atoms with E-state index in [-0.39, 0.29) is 18.4 Å². The Morgan fingerprint density at radius 2 is 1.69 bits per heavy atom. The maximum absolute atomic E-state index is 13.0. The Morgan fingerprint density at radius 1 is 0.971 bits per heavy atom. The number of hydrogen-bond donors (Lipinski definition) is 1. The molecule has 3 aromatic carbocycles. The van der Waals surface area contributed by atoms with Crippen molar-refractivity contribution in [2.45, 2.75) is 12.8 Å². The van der Waals surface area contributed by atoms with E-state index in [0.717, 1.165) is 12.8 Å². The summed E-state index contributed by atoms with van der Waals surface area (Å²) in [4.78, 5) is 27.4. The predicted molar refractivity (Wildman–Crippen MR) is 133 cm³/mol. The van der Waals surface area contributed by atoms with Crippen LogP contribution in [0, 0.1) is 0 Å². The van der Waals surface area contributed by atoms with Gasteiger partial charge in [-0.25, -0.2) is 0 Å². The number of anilines is 2. The highest BCUT2D eigenvalue weighted by molar-refractivity contribution is 6.06. The number of methoxy groups -OCH3 is 3. The van der Waals surface area contributed by atoms with E-state index in [2.05, 4.69) is 17.4 Å². The number of nitrogens with zero attached hydrogens (tertiary/aromatic N) is 1. The fourth-order valence-corrected chi connectivity index (χ4v) is 4.03. The second-order valence-corrected chi connectivity index (χ2v) is 7.97. The summed E-state index contributed by atoms with van der Waals surface area (Å²) in [5, 5.41) is 2.88. The van der Waals surface area contributed by atoms with Crippen molar-refractivity contribution >= 4 is 23.2 Å². The monoisotopic (exact) mass is 476 g/mol. The summed E-state index contributed by atoms with van der Waals surface area (Å²) in [6.45, 7) is 0.545. The van der Waals surface area contributed by atoms with E-state index in [1.807, 2.05) is 18.2 Å². The van der Waals surface area contributed by atoms with Gasteiger partial charge in [-0.3, -0.25) is 9.59 Å². The van der Waals surface area contributed by atoms with E-state index in [1.165, 1.54) is 26.9 Å². The molecule has 1 aliphatic heterocycles. The second kappa shape index (κ2) is 10.8. The van der Waals surface area contributed by atoms with E-state index in [1.54, 1.807) is 35.2 Å². The van der Waals surface area contributed by atoms with Crippen LogP contribution < -0.4 is 29.2 Å². The molecule has 3 aromatic rings. The molecule has 0 unspecified atom stereocenters. The number of fused-ring (bicyclic) bond motifs is 1. The highest BCUT2D eigenvalue weighted by atomic mass is 16.5. The SMILES string of the molecule is COc1cc(C(=O)Nc2ccc3c(c2)N(CCCc2ccccc2)C(=O)CO3)cc(OC)c1OC. The molecule has 0 spiro atoms. The lowest BCUT2D eigenvalue weighted by atomic mass is 10.1. The number of nitrogens with one attached hydrogen (secondary N) is 1. The number of amides is 2. The van der Waals surface area contributed by atoms with Crippen LogP contribution in [0.15, 0.2) is 60.7 Å². The van der Waals surface area contributed by atoms with Gasteiger partial charge in [0.1, 0.15) is 5.75 Å². The van der Waals surface area contributed by atoms with Gasteiger partial charge < -0.3 is 29.2 Å². The maximum atomic E-state index is 13.0. The first-order valence-corrected chi connectivity index (χ1v) is 11.3. The highest BCUT2D eigenvalue weighted by Crippen LogP contribution is 2.39. The molecule has 8 nitrogen and oxygen atoms in total. The molecule has 1 N–H and O–H groups in total. The van der Waals surface area contributed by atoms with Gasteiger partial charge in [0.05, 0.1) is 27.0 Å². The second-order valence-electron chi connectivity index (χ2n) is 7.97. The van der Waals surface area contributed by atoms with Crippen molar-refractivity contribution < 1.29 is 28.5 Å². The van der Waals surface area contributed by atoms with Gasteiger partial charge in [0, 0.05) is 17.8 Å². The minimum atomic E-state index is -0.358. The first-order valence-electron chi connectivity index (χ1n) is 11.3. The van der Waals surface area contributed by atoms with Crippen LogP contribution in [-0.2, 0) is 11.2 Å². The molecule has 0 aliphatic carbocycles. The number of hydrogen-bond acceptors (Lipinski definition) is 6. The molecule has 0 saturated carbocycles. The average Bonchev–Trinajstić information content (AvgIpc) is 2.89. The summed E-state index contributed by atoms with van der Waals surface area (Å²) >= 11 is 0. The van der Waals surface area contributed by atoms with Crippen LogP contribution in [-0.4, -0.2) is 46.3 Å². The summed E-state index contributed by atoms with van der Waals surface area (Å²) in [5.41, 5.74) is 2.73. The van der Waals surface area contributed by atoms with Crippen molar-refractivity contribution in [3.63, 3.8) is 0 Å². The van der Waals surface area contributed by atoms with Crippen molar-refractivity contribution in [3.8, 4) is 23.0 Å². The molecule has 8 heteroatoms. The van der Waals surface area contributed by atoms with Crippen molar-refractivity contribution in [2.75, 3.05) is 44.7 Å². The molecule has 0 atom stereocenters. The number of carbonyl (C=O) groups excluding carboxylic acids is 2. The molecule has 0 fully saturated rings. The van der Waals surface area contributed by atoms with E-state index in [9.17, 15) is 9.59 Å². The quantitative estimate of drug-likeness (QED) is 0.495. The van der Waals surface area contributed by atoms with Gasteiger partial charge in [-0.05, 0) is 48.7 Å². The fourth-order valence-electron chi connectivity index (χ4n) is 4.03. The lowest BCUT2D eigenvalue weighted by Crippen LogP contribution is -2.39. The third kappa shape index (κ3) is 5.32. The van der Waals surface area contributed by atoms with Gasteiger partial charge in [0.25, 0.3) is 11.8 Å². The summed E-state index contributed by atoms with van der Waals surface area (Å²) in [5.74, 6) is 1.30. The van der Waals surface area contributed by atoms with E-state index in [0.29, 0.717) is 46.5 Å². The Bertz CT molecular complexity index is 1190. The van der Waals surface area contributed by atoms with Crippen LogP contribution in [0.4, 0.5) is 11.4 Å². The zero-order chi connectivity index (χ0) is 24.8. The molecule has 1 heterocycles. The van der Waals surface area contributed by atoms with Crippen molar-refractivity contribution in [1.82, 2.24) is 0 Å². The Hall–Kier alpha value is -4.20. The zero-order valence-corrected chi connectivity index (χ0v) is 20.0. The Balaban J connectivity index is 1.52. The summed E-state index contributed by atoms with van der Waals surface area (Å²) < 4.78 is 21.6. The molecular weight excluding hydrogens is 448 g/mol. The van der Waals surface area contributed by atoms with Crippen LogP contribution in [0.25, 0.3) is 0 Å². The van der Waals surface area contributed by atoms with E-state index in [4.69, 9.17) is 18.9 Å². The maximum Gasteiger partial charge on any atom is 0.265 e. The van der Waals surface area contributed by atoms with Crippen LogP contribution in [0.1, 0.15) is 22.3 Å². The van der Waals surface area contributed by atoms with Crippen LogP contribution in [0.5, 0.6) is 23.0 Å². The Labute approximate surface area is 204 Å². The molecule has 35 heavy (non-hydrogen) atoms. The third-order valence-electron chi connectivity index (χ3n) is 5.78. The van der Waals surface area contributed by atoms with Gasteiger partial charge in [0.2, 0.25) is 5.75 Å². The van der Waals surface area contributed by atoms with Gasteiger partial charge in [-0.1, -0.05) is 30.3 Å². The lowest BCUT2D eigenvalue weighted by molar-refractivity contribution is -0.121. The van der Waals surface area contributed by atoms with Gasteiger partial charge in [-0.15, -0.1) is 0 Å². The topological polar surface area (TPSA) is 86.3 Å². The van der Waals surface area contributed by atoms with Crippen molar-refractivity contribution in [2.24, 2.45) is 0 Å². The molecular formula is C27H28N2O6. The standard InChI is InChI=1S/C27H28N2O6/c1-32-23-14-19(15-24(33-2)26(23)34-3)27(31)28-20-11-12-22-21(16-20)29(25(30)17-35-22)13-7-10-18-8-5-4-6-9-18/h4-6,8-9,11-12,14-16H,7,10,13,17H2,1-3H3,(H,28,31). The normalized spacial score (nSPS) is 12.4. The van der Waals surface area contributed by atoms with Crippen LogP contribution in [0.3, 0.4) is 0 Å². The van der Waals surface area contributed by atoms with Gasteiger partial charge in [0.15, 0.2) is 18.1 Å². The average molecular weight is 477 g/mol. The molecule has 182 valence electrons. The molecule has 0 aromatic heterocycles. The highest BCUT2D eigenvalue weighted by Gasteiger charge is 2.26. The first kappa shape index (κ1) is 23.9.